The minimum atomic E-state index is -0.942. The van der Waals surface area contributed by atoms with Crippen molar-refractivity contribution >= 4 is 24.3 Å². The van der Waals surface area contributed by atoms with Crippen LogP contribution in [-0.4, -0.2) is 62.1 Å². The quantitative estimate of drug-likeness (QED) is 0.396. The lowest BCUT2D eigenvalue weighted by Crippen LogP contribution is -2.46. The average Bonchev–Trinajstić information content (AvgIpc) is 2.71. The summed E-state index contributed by atoms with van der Waals surface area (Å²) in [5.74, 6) is -2.46. The lowest BCUT2D eigenvalue weighted by atomic mass is 9.74. The molecule has 31 heavy (non-hydrogen) atoms. The Balaban J connectivity index is 2.33. The molecule has 1 aromatic rings. The van der Waals surface area contributed by atoms with Crippen molar-refractivity contribution in [1.82, 2.24) is 4.90 Å². The summed E-state index contributed by atoms with van der Waals surface area (Å²) in [4.78, 5) is 50.4. The van der Waals surface area contributed by atoms with E-state index in [0.29, 0.717) is 12.8 Å². The van der Waals surface area contributed by atoms with Crippen molar-refractivity contribution in [3.63, 3.8) is 0 Å². The van der Waals surface area contributed by atoms with Gasteiger partial charge in [-0.1, -0.05) is 0 Å². The van der Waals surface area contributed by atoms with Crippen molar-refractivity contribution in [2.45, 2.75) is 45.6 Å². The topological polar surface area (TPSA) is 99.2 Å². The summed E-state index contributed by atoms with van der Waals surface area (Å²) in [5.41, 5.74) is -1.81. The number of carbonyl (C=O) groups is 4. The highest BCUT2D eigenvalue weighted by molar-refractivity contribution is 6.04. The van der Waals surface area contributed by atoms with Crippen molar-refractivity contribution in [3.8, 4) is 0 Å². The lowest BCUT2D eigenvalue weighted by Gasteiger charge is -2.39. The maximum absolute atomic E-state index is 14.3. The maximum Gasteiger partial charge on any atom is 0.410 e. The van der Waals surface area contributed by atoms with Gasteiger partial charge in [0.1, 0.15) is 17.7 Å². The van der Waals surface area contributed by atoms with Crippen LogP contribution in [0.15, 0.2) is 12.1 Å². The molecule has 8 nitrogen and oxygen atoms in total. The molecule has 0 spiro atoms. The van der Waals surface area contributed by atoms with E-state index >= 15 is 0 Å². The summed E-state index contributed by atoms with van der Waals surface area (Å²) in [6.07, 6.45) is 0.885. The molecule has 1 heterocycles. The molecule has 2 rings (SSSR count). The van der Waals surface area contributed by atoms with Crippen LogP contribution in [0.4, 0.5) is 9.18 Å². The fourth-order valence-electron chi connectivity index (χ4n) is 3.59. The summed E-state index contributed by atoms with van der Waals surface area (Å²) in [6, 6.07) is 2.02. The standard InChI is InChI=1S/C22H28FNO7/c1-21(2,3)31-20(28)24-8-6-22(13-25,7-9-24)12-14-10-15(23)11-16(18(26)29-4)17(14)19(27)30-5/h10-11,13H,6-9,12H2,1-5H3. The van der Waals surface area contributed by atoms with Gasteiger partial charge in [-0.15, -0.1) is 0 Å². The van der Waals surface area contributed by atoms with E-state index in [1.807, 2.05) is 0 Å². The number of piperidine rings is 1. The number of carbonyl (C=O) groups excluding carboxylic acids is 4. The molecular weight excluding hydrogens is 409 g/mol. The predicted octanol–water partition coefficient (Wildman–Crippen LogP) is 3.16. The normalized spacial score (nSPS) is 15.7. The first-order valence-electron chi connectivity index (χ1n) is 9.88. The Morgan fingerprint density at radius 2 is 1.68 bits per heavy atom. The van der Waals surface area contributed by atoms with Gasteiger partial charge in [0, 0.05) is 18.5 Å². The summed E-state index contributed by atoms with van der Waals surface area (Å²) < 4.78 is 29.1. The highest BCUT2D eigenvalue weighted by Crippen LogP contribution is 2.36. The monoisotopic (exact) mass is 437 g/mol. The number of methoxy groups -OCH3 is 2. The van der Waals surface area contributed by atoms with Crippen LogP contribution in [0, 0.1) is 11.2 Å². The van der Waals surface area contributed by atoms with Crippen LogP contribution < -0.4 is 0 Å². The molecule has 0 radical (unpaired) electrons. The molecule has 1 aliphatic rings. The van der Waals surface area contributed by atoms with Gasteiger partial charge in [-0.3, -0.25) is 0 Å². The Kier molecular flexibility index (Phi) is 7.41. The van der Waals surface area contributed by atoms with Crippen molar-refractivity contribution in [2.24, 2.45) is 5.41 Å². The molecular formula is C22H28FNO7. The number of hydrogen-bond donors (Lipinski definition) is 0. The Labute approximate surface area is 180 Å². The number of amides is 1. The van der Waals surface area contributed by atoms with Crippen molar-refractivity contribution < 1.29 is 37.8 Å². The fraction of sp³-hybridized carbons (Fsp3) is 0.545. The van der Waals surface area contributed by atoms with Gasteiger partial charge in [-0.2, -0.15) is 0 Å². The zero-order chi connectivity index (χ0) is 23.4. The second kappa shape index (κ2) is 9.45. The third kappa shape index (κ3) is 5.80. The second-order valence-electron chi connectivity index (χ2n) is 8.60. The van der Waals surface area contributed by atoms with E-state index in [4.69, 9.17) is 9.47 Å². The first-order valence-corrected chi connectivity index (χ1v) is 9.88. The van der Waals surface area contributed by atoms with E-state index in [9.17, 15) is 23.6 Å². The molecule has 0 aliphatic carbocycles. The number of aldehydes is 1. The predicted molar refractivity (Wildman–Crippen MR) is 108 cm³/mol. The smallest absolute Gasteiger partial charge is 0.410 e. The van der Waals surface area contributed by atoms with Crippen LogP contribution in [0.5, 0.6) is 0 Å². The van der Waals surface area contributed by atoms with Gasteiger partial charge < -0.3 is 23.9 Å². The molecule has 0 saturated carbocycles. The number of ether oxygens (including phenoxy) is 3. The number of halogens is 1. The van der Waals surface area contributed by atoms with Crippen LogP contribution >= 0.6 is 0 Å². The number of benzene rings is 1. The molecule has 0 bridgehead atoms. The molecule has 1 amide bonds. The Morgan fingerprint density at radius 3 is 2.16 bits per heavy atom. The molecule has 0 atom stereocenters. The third-order valence-corrected chi connectivity index (χ3v) is 5.18. The molecule has 170 valence electrons. The number of esters is 2. The molecule has 0 unspecified atom stereocenters. The molecule has 1 aliphatic heterocycles. The van der Waals surface area contributed by atoms with E-state index in [1.165, 1.54) is 4.90 Å². The molecule has 0 aromatic heterocycles. The lowest BCUT2D eigenvalue weighted by molar-refractivity contribution is -0.118. The van der Waals surface area contributed by atoms with Crippen LogP contribution in [0.25, 0.3) is 0 Å². The Bertz CT molecular complexity index is 867. The van der Waals surface area contributed by atoms with E-state index in [1.54, 1.807) is 20.8 Å². The highest BCUT2D eigenvalue weighted by Gasteiger charge is 2.39. The van der Waals surface area contributed by atoms with Crippen molar-refractivity contribution in [2.75, 3.05) is 27.3 Å². The molecule has 9 heteroatoms. The fourth-order valence-corrected chi connectivity index (χ4v) is 3.59. The SMILES string of the molecule is COC(=O)c1cc(F)cc(CC2(C=O)CCN(C(=O)OC(C)(C)C)CC2)c1C(=O)OC. The van der Waals surface area contributed by atoms with Crippen LogP contribution in [0.2, 0.25) is 0 Å². The minimum Gasteiger partial charge on any atom is -0.465 e. The van der Waals surface area contributed by atoms with Gasteiger partial charge in [-0.05, 0) is 57.7 Å². The van der Waals surface area contributed by atoms with E-state index < -0.39 is 34.9 Å². The van der Waals surface area contributed by atoms with Crippen LogP contribution in [-0.2, 0) is 25.4 Å². The van der Waals surface area contributed by atoms with Crippen molar-refractivity contribution in [1.29, 1.82) is 0 Å². The first-order chi connectivity index (χ1) is 14.4. The van der Waals surface area contributed by atoms with Gasteiger partial charge >= 0.3 is 18.0 Å². The largest absolute Gasteiger partial charge is 0.465 e. The van der Waals surface area contributed by atoms with E-state index in [2.05, 4.69) is 4.74 Å². The number of rotatable bonds is 5. The summed E-state index contributed by atoms with van der Waals surface area (Å²) in [6.45, 7) is 5.83. The van der Waals surface area contributed by atoms with Gasteiger partial charge in [0.2, 0.25) is 0 Å². The molecule has 1 aromatic carbocycles. The highest BCUT2D eigenvalue weighted by atomic mass is 19.1. The zero-order valence-corrected chi connectivity index (χ0v) is 18.5. The number of hydrogen-bond acceptors (Lipinski definition) is 7. The third-order valence-electron chi connectivity index (χ3n) is 5.18. The van der Waals surface area contributed by atoms with Crippen molar-refractivity contribution in [3.05, 3.63) is 34.6 Å². The van der Waals surface area contributed by atoms with E-state index in [-0.39, 0.29) is 36.2 Å². The van der Waals surface area contributed by atoms with Crippen LogP contribution in [0.3, 0.4) is 0 Å². The van der Waals surface area contributed by atoms with Gasteiger partial charge in [0.15, 0.2) is 0 Å². The summed E-state index contributed by atoms with van der Waals surface area (Å²) in [7, 11) is 2.26. The number of nitrogens with zero attached hydrogens (tertiary/aromatic N) is 1. The Hall–Kier alpha value is -2.97. The van der Waals surface area contributed by atoms with Gasteiger partial charge in [0.05, 0.1) is 25.3 Å². The van der Waals surface area contributed by atoms with Gasteiger partial charge in [-0.25, -0.2) is 18.8 Å². The molecule has 1 saturated heterocycles. The second-order valence-corrected chi connectivity index (χ2v) is 8.60. The first kappa shape index (κ1) is 24.3. The van der Waals surface area contributed by atoms with E-state index in [0.717, 1.165) is 32.6 Å². The average molecular weight is 437 g/mol. The Morgan fingerprint density at radius 1 is 1.10 bits per heavy atom. The summed E-state index contributed by atoms with van der Waals surface area (Å²) in [5, 5.41) is 0. The van der Waals surface area contributed by atoms with Crippen LogP contribution in [0.1, 0.15) is 59.9 Å². The summed E-state index contributed by atoms with van der Waals surface area (Å²) >= 11 is 0. The maximum atomic E-state index is 14.3. The molecule has 1 fully saturated rings. The minimum absolute atomic E-state index is 0.00481. The zero-order valence-electron chi connectivity index (χ0n) is 18.5. The number of likely N-dealkylation sites (tertiary alicyclic amines) is 1. The van der Waals surface area contributed by atoms with Gasteiger partial charge in [0.25, 0.3) is 0 Å². The molecule has 0 N–H and O–H groups in total.